The van der Waals surface area contributed by atoms with Gasteiger partial charge in [-0.25, -0.2) is 4.98 Å². The Balaban J connectivity index is 2.24. The van der Waals surface area contributed by atoms with Crippen LogP contribution in [0.1, 0.15) is 10.4 Å². The number of carbonyl (C=O) groups is 1. The van der Waals surface area contributed by atoms with Crippen molar-refractivity contribution < 1.29 is 4.79 Å². The Labute approximate surface area is 114 Å². The number of carbonyl (C=O) groups excluding carboxylic acids is 1. The van der Waals surface area contributed by atoms with Crippen LogP contribution in [0.3, 0.4) is 0 Å². The predicted octanol–water partition coefficient (Wildman–Crippen LogP) is 3.22. The van der Waals surface area contributed by atoms with Crippen molar-refractivity contribution in [3.63, 3.8) is 0 Å². The number of amides is 1. The second-order valence-corrected chi connectivity index (χ2v) is 4.36. The predicted molar refractivity (Wildman–Crippen MR) is 73.1 cm³/mol. The van der Waals surface area contributed by atoms with Crippen LogP contribution in [-0.2, 0) is 0 Å². The average molecular weight is 282 g/mol. The van der Waals surface area contributed by atoms with Gasteiger partial charge in [0.2, 0.25) is 0 Å². The first-order valence-electron chi connectivity index (χ1n) is 5.05. The number of rotatable bonds is 2. The van der Waals surface area contributed by atoms with Crippen LogP contribution in [0.25, 0.3) is 0 Å². The first-order chi connectivity index (χ1) is 8.58. The first kappa shape index (κ1) is 12.7. The normalized spacial score (nSPS) is 10.1. The molecule has 0 atom stereocenters. The summed E-state index contributed by atoms with van der Waals surface area (Å²) in [6, 6.07) is 8.02. The molecule has 0 aliphatic rings. The van der Waals surface area contributed by atoms with Gasteiger partial charge in [0, 0.05) is 11.2 Å². The van der Waals surface area contributed by atoms with Gasteiger partial charge < -0.3 is 11.1 Å². The van der Waals surface area contributed by atoms with Crippen LogP contribution < -0.4 is 11.1 Å². The lowest BCUT2D eigenvalue weighted by Crippen LogP contribution is -2.14. The molecule has 1 aromatic carbocycles. The standard InChI is InChI=1S/C12H9Cl2N3O/c13-7-3-4-10(9(14)6-7)17-12(18)8-2-1-5-16-11(8)15/h1-6H,(H2,15,16)(H,17,18). The molecular weight excluding hydrogens is 273 g/mol. The second-order valence-electron chi connectivity index (χ2n) is 3.51. The topological polar surface area (TPSA) is 68.0 Å². The maximum atomic E-state index is 11.9. The maximum absolute atomic E-state index is 11.9. The highest BCUT2D eigenvalue weighted by Gasteiger charge is 2.11. The van der Waals surface area contributed by atoms with E-state index in [4.69, 9.17) is 28.9 Å². The van der Waals surface area contributed by atoms with Crippen molar-refractivity contribution in [2.24, 2.45) is 0 Å². The van der Waals surface area contributed by atoms with Crippen molar-refractivity contribution >= 4 is 40.6 Å². The number of hydrogen-bond donors (Lipinski definition) is 2. The molecule has 0 spiro atoms. The maximum Gasteiger partial charge on any atom is 0.259 e. The quantitative estimate of drug-likeness (QED) is 0.888. The van der Waals surface area contributed by atoms with Gasteiger partial charge >= 0.3 is 0 Å². The molecule has 6 heteroatoms. The number of hydrogen-bond acceptors (Lipinski definition) is 3. The number of aromatic nitrogens is 1. The molecule has 0 bridgehead atoms. The van der Waals surface area contributed by atoms with E-state index in [1.165, 1.54) is 6.20 Å². The molecule has 0 saturated carbocycles. The molecule has 18 heavy (non-hydrogen) atoms. The number of nitrogens with two attached hydrogens (primary N) is 1. The third-order valence-corrected chi connectivity index (χ3v) is 2.81. The zero-order chi connectivity index (χ0) is 13.1. The number of benzene rings is 1. The molecule has 0 radical (unpaired) electrons. The number of anilines is 2. The third kappa shape index (κ3) is 2.72. The highest BCUT2D eigenvalue weighted by Crippen LogP contribution is 2.26. The molecule has 2 aromatic rings. The van der Waals surface area contributed by atoms with Crippen LogP contribution in [-0.4, -0.2) is 10.9 Å². The lowest BCUT2D eigenvalue weighted by molar-refractivity contribution is 0.102. The van der Waals surface area contributed by atoms with E-state index < -0.39 is 0 Å². The smallest absolute Gasteiger partial charge is 0.259 e. The van der Waals surface area contributed by atoms with E-state index in [0.717, 1.165) is 0 Å². The summed E-state index contributed by atoms with van der Waals surface area (Å²) in [7, 11) is 0. The molecule has 0 saturated heterocycles. The largest absolute Gasteiger partial charge is 0.383 e. The van der Waals surface area contributed by atoms with Crippen LogP contribution in [0, 0.1) is 0 Å². The van der Waals surface area contributed by atoms with Crippen LogP contribution in [0.4, 0.5) is 11.5 Å². The number of nitrogens with one attached hydrogen (secondary N) is 1. The van der Waals surface area contributed by atoms with Gasteiger partial charge in [-0.05, 0) is 30.3 Å². The Kier molecular flexibility index (Phi) is 3.69. The highest BCUT2D eigenvalue weighted by atomic mass is 35.5. The molecule has 92 valence electrons. The summed E-state index contributed by atoms with van der Waals surface area (Å²) < 4.78 is 0. The monoisotopic (exact) mass is 281 g/mol. The van der Waals surface area contributed by atoms with E-state index in [9.17, 15) is 4.79 Å². The lowest BCUT2D eigenvalue weighted by atomic mass is 10.2. The fraction of sp³-hybridized carbons (Fsp3) is 0. The van der Waals surface area contributed by atoms with Crippen LogP contribution in [0.2, 0.25) is 10.0 Å². The van der Waals surface area contributed by atoms with Gasteiger partial charge in [0.15, 0.2) is 0 Å². The Morgan fingerprint density at radius 1 is 1.28 bits per heavy atom. The molecule has 3 N–H and O–H groups in total. The summed E-state index contributed by atoms with van der Waals surface area (Å²) in [5.41, 5.74) is 6.37. The molecule has 1 heterocycles. The van der Waals surface area contributed by atoms with Crippen molar-refractivity contribution in [1.82, 2.24) is 4.98 Å². The first-order valence-corrected chi connectivity index (χ1v) is 5.80. The molecule has 2 rings (SSSR count). The number of nitrogens with zero attached hydrogens (tertiary/aromatic N) is 1. The molecule has 4 nitrogen and oxygen atoms in total. The zero-order valence-electron chi connectivity index (χ0n) is 9.15. The van der Waals surface area contributed by atoms with Gasteiger partial charge in [-0.1, -0.05) is 23.2 Å². The van der Waals surface area contributed by atoms with E-state index in [-0.39, 0.29) is 11.7 Å². The Hall–Kier alpha value is -1.78. The van der Waals surface area contributed by atoms with Gasteiger partial charge in [-0.15, -0.1) is 0 Å². The van der Waals surface area contributed by atoms with Crippen molar-refractivity contribution in [2.45, 2.75) is 0 Å². The van der Waals surface area contributed by atoms with E-state index in [0.29, 0.717) is 21.3 Å². The Morgan fingerprint density at radius 3 is 2.72 bits per heavy atom. The number of halogens is 2. The minimum atomic E-state index is -0.371. The molecule has 0 aliphatic carbocycles. The van der Waals surface area contributed by atoms with E-state index >= 15 is 0 Å². The number of nitrogen functional groups attached to an aromatic ring is 1. The van der Waals surface area contributed by atoms with Crippen molar-refractivity contribution in [2.75, 3.05) is 11.1 Å². The van der Waals surface area contributed by atoms with Gasteiger partial charge in [0.05, 0.1) is 16.3 Å². The number of pyridine rings is 1. The van der Waals surface area contributed by atoms with Crippen molar-refractivity contribution in [1.29, 1.82) is 0 Å². The van der Waals surface area contributed by atoms with Crippen LogP contribution in [0.15, 0.2) is 36.5 Å². The minimum absolute atomic E-state index is 0.167. The van der Waals surface area contributed by atoms with E-state index in [1.807, 2.05) is 0 Å². The second kappa shape index (κ2) is 5.25. The SMILES string of the molecule is Nc1ncccc1C(=O)Nc1ccc(Cl)cc1Cl. The molecule has 0 unspecified atom stereocenters. The summed E-state index contributed by atoms with van der Waals surface area (Å²) in [4.78, 5) is 15.8. The fourth-order valence-corrected chi connectivity index (χ4v) is 1.85. The van der Waals surface area contributed by atoms with Gasteiger partial charge in [0.25, 0.3) is 5.91 Å². The van der Waals surface area contributed by atoms with E-state index in [2.05, 4.69) is 10.3 Å². The summed E-state index contributed by atoms with van der Waals surface area (Å²) in [5.74, 6) is -0.204. The highest BCUT2D eigenvalue weighted by molar-refractivity contribution is 6.36. The van der Waals surface area contributed by atoms with Gasteiger partial charge in [-0.2, -0.15) is 0 Å². The molecule has 0 aliphatic heterocycles. The summed E-state index contributed by atoms with van der Waals surface area (Å²) in [6.07, 6.45) is 1.52. The zero-order valence-corrected chi connectivity index (χ0v) is 10.7. The molecule has 1 aromatic heterocycles. The third-order valence-electron chi connectivity index (χ3n) is 2.26. The van der Waals surface area contributed by atoms with Crippen LogP contribution >= 0.6 is 23.2 Å². The summed E-state index contributed by atoms with van der Waals surface area (Å²) in [6.45, 7) is 0. The van der Waals surface area contributed by atoms with Crippen LogP contribution in [0.5, 0.6) is 0 Å². The fourth-order valence-electron chi connectivity index (χ4n) is 1.39. The van der Waals surface area contributed by atoms with Crippen molar-refractivity contribution in [3.8, 4) is 0 Å². The summed E-state index contributed by atoms with van der Waals surface area (Å²) >= 11 is 11.7. The Bertz CT molecular complexity index is 602. The van der Waals surface area contributed by atoms with Crippen molar-refractivity contribution in [3.05, 3.63) is 52.1 Å². The molecular formula is C12H9Cl2N3O. The van der Waals surface area contributed by atoms with E-state index in [1.54, 1.807) is 30.3 Å². The molecule has 0 fully saturated rings. The molecule has 1 amide bonds. The van der Waals surface area contributed by atoms with Gasteiger partial charge in [0.1, 0.15) is 5.82 Å². The minimum Gasteiger partial charge on any atom is -0.383 e. The Morgan fingerprint density at radius 2 is 2.06 bits per heavy atom. The average Bonchev–Trinajstić information content (AvgIpc) is 2.33. The summed E-state index contributed by atoms with van der Waals surface area (Å²) in [5, 5.41) is 3.50. The lowest BCUT2D eigenvalue weighted by Gasteiger charge is -2.08. The van der Waals surface area contributed by atoms with Gasteiger partial charge in [-0.3, -0.25) is 4.79 Å².